The van der Waals surface area contributed by atoms with Crippen LogP contribution in [0.5, 0.6) is 0 Å². The minimum absolute atomic E-state index is 0.221. The highest BCUT2D eigenvalue weighted by molar-refractivity contribution is 7.89. The number of nitrogens with zero attached hydrogens (tertiary/aromatic N) is 1. The molecule has 2 rings (SSSR count). The Bertz CT molecular complexity index is 727. The lowest BCUT2D eigenvalue weighted by atomic mass is 10.2. The summed E-state index contributed by atoms with van der Waals surface area (Å²) < 4.78 is 26.8. The van der Waals surface area contributed by atoms with Crippen molar-refractivity contribution in [1.29, 1.82) is 0 Å². The molecule has 0 radical (unpaired) electrons. The maximum Gasteiger partial charge on any atom is 0.240 e. The molecule has 0 fully saturated rings. The van der Waals surface area contributed by atoms with Crippen molar-refractivity contribution in [2.75, 3.05) is 13.1 Å². The van der Waals surface area contributed by atoms with Crippen molar-refractivity contribution in [1.82, 2.24) is 9.71 Å². The van der Waals surface area contributed by atoms with Crippen molar-refractivity contribution >= 4 is 21.4 Å². The molecule has 7 heteroatoms. The van der Waals surface area contributed by atoms with Crippen LogP contribution in [0.1, 0.15) is 11.3 Å². The van der Waals surface area contributed by atoms with E-state index in [1.54, 1.807) is 17.6 Å². The molecule has 1 heterocycles. The summed E-state index contributed by atoms with van der Waals surface area (Å²) in [5, 5.41) is 1.90. The van der Waals surface area contributed by atoms with Crippen molar-refractivity contribution in [3.63, 3.8) is 0 Å². The van der Waals surface area contributed by atoms with Crippen LogP contribution >= 0.6 is 11.3 Å². The molecular formula is C14H15N3O2S2. The Labute approximate surface area is 128 Å². The first-order chi connectivity index (χ1) is 10.1. The van der Waals surface area contributed by atoms with E-state index in [2.05, 4.69) is 21.5 Å². The van der Waals surface area contributed by atoms with Gasteiger partial charge in [0.05, 0.1) is 22.6 Å². The van der Waals surface area contributed by atoms with Crippen LogP contribution in [-0.2, 0) is 16.4 Å². The normalized spacial score (nSPS) is 10.9. The lowest BCUT2D eigenvalue weighted by Gasteiger charge is -2.06. The van der Waals surface area contributed by atoms with Gasteiger partial charge in [0.1, 0.15) is 0 Å². The van der Waals surface area contributed by atoms with E-state index in [1.807, 2.05) is 5.38 Å². The van der Waals surface area contributed by atoms with Crippen molar-refractivity contribution in [3.05, 3.63) is 46.4 Å². The third-order valence-electron chi connectivity index (χ3n) is 2.66. The summed E-state index contributed by atoms with van der Waals surface area (Å²) in [4.78, 5) is 4.33. The van der Waals surface area contributed by atoms with Crippen LogP contribution in [-0.4, -0.2) is 26.5 Å². The first-order valence-corrected chi connectivity index (χ1v) is 8.70. The van der Waals surface area contributed by atoms with Gasteiger partial charge in [-0.2, -0.15) is 0 Å². The molecule has 0 saturated heterocycles. The molecule has 0 spiro atoms. The molecule has 2 aromatic rings. The van der Waals surface area contributed by atoms with E-state index in [1.165, 1.54) is 23.5 Å². The largest absolute Gasteiger partial charge is 0.320 e. The molecule has 0 atom stereocenters. The zero-order chi connectivity index (χ0) is 15.1. The summed E-state index contributed by atoms with van der Waals surface area (Å²) in [6, 6.07) is 6.40. The van der Waals surface area contributed by atoms with E-state index in [0.717, 1.165) is 11.3 Å². The zero-order valence-electron chi connectivity index (χ0n) is 11.2. The molecule has 0 aliphatic carbocycles. The van der Waals surface area contributed by atoms with E-state index in [0.29, 0.717) is 13.0 Å². The predicted octanol–water partition coefficient (Wildman–Crippen LogP) is 0.974. The van der Waals surface area contributed by atoms with E-state index < -0.39 is 10.0 Å². The minimum Gasteiger partial charge on any atom is -0.320 e. The number of sulfonamides is 1. The highest BCUT2D eigenvalue weighted by atomic mass is 32.2. The fraction of sp³-hybridized carbons (Fsp3) is 0.214. The molecule has 0 unspecified atom stereocenters. The molecule has 21 heavy (non-hydrogen) atoms. The molecule has 110 valence electrons. The number of rotatable bonds is 5. The van der Waals surface area contributed by atoms with E-state index in [4.69, 9.17) is 5.73 Å². The molecular weight excluding hydrogens is 306 g/mol. The van der Waals surface area contributed by atoms with Crippen LogP contribution in [0.2, 0.25) is 0 Å². The van der Waals surface area contributed by atoms with Gasteiger partial charge in [-0.25, -0.2) is 18.1 Å². The molecule has 0 aliphatic rings. The first-order valence-electron chi connectivity index (χ1n) is 6.27. The monoisotopic (exact) mass is 321 g/mol. The quantitative estimate of drug-likeness (QED) is 0.804. The number of nitrogens with two attached hydrogens (primary N) is 1. The van der Waals surface area contributed by atoms with Crippen molar-refractivity contribution < 1.29 is 8.42 Å². The van der Waals surface area contributed by atoms with Gasteiger partial charge in [-0.05, 0) is 24.3 Å². The highest BCUT2D eigenvalue weighted by Crippen LogP contribution is 2.10. The van der Waals surface area contributed by atoms with E-state index in [9.17, 15) is 8.42 Å². The van der Waals surface area contributed by atoms with Gasteiger partial charge in [-0.3, -0.25) is 0 Å². The second kappa shape index (κ2) is 7.33. The molecule has 0 aliphatic heterocycles. The summed E-state index contributed by atoms with van der Waals surface area (Å²) in [7, 11) is -3.50. The number of hydrogen-bond donors (Lipinski definition) is 2. The SMILES string of the molecule is NCC#Cc1ccc(S(=O)(=O)NCCc2cscn2)cc1. The fourth-order valence-corrected chi connectivity index (χ4v) is 3.25. The van der Waals surface area contributed by atoms with E-state index >= 15 is 0 Å². The Morgan fingerprint density at radius 1 is 1.29 bits per heavy atom. The summed E-state index contributed by atoms with van der Waals surface area (Å²) in [6.45, 7) is 0.596. The number of thiazole rings is 1. The standard InChI is InChI=1S/C14H15N3O2S2/c15-8-1-2-12-3-5-14(6-4-12)21(18,19)17-9-7-13-10-20-11-16-13/h3-6,10-11,17H,7-9,15H2. The Morgan fingerprint density at radius 2 is 2.05 bits per heavy atom. The molecule has 1 aromatic heterocycles. The van der Waals surface area contributed by atoms with Crippen LogP contribution in [0.15, 0.2) is 40.1 Å². The van der Waals surface area contributed by atoms with Crippen LogP contribution in [0.25, 0.3) is 0 Å². The number of nitrogens with one attached hydrogen (secondary N) is 1. The topological polar surface area (TPSA) is 85.1 Å². The van der Waals surface area contributed by atoms with Crippen LogP contribution in [0.3, 0.4) is 0 Å². The third kappa shape index (κ3) is 4.65. The predicted molar refractivity (Wildman–Crippen MR) is 83.4 cm³/mol. The first kappa shape index (κ1) is 15.7. The van der Waals surface area contributed by atoms with Crippen LogP contribution < -0.4 is 10.5 Å². The van der Waals surface area contributed by atoms with Gasteiger partial charge in [0, 0.05) is 23.9 Å². The number of hydrogen-bond acceptors (Lipinski definition) is 5. The summed E-state index contributed by atoms with van der Waals surface area (Å²) >= 11 is 1.49. The lowest BCUT2D eigenvalue weighted by molar-refractivity contribution is 0.581. The Hall–Kier alpha value is -1.72. The second-order valence-electron chi connectivity index (χ2n) is 4.16. The summed E-state index contributed by atoms with van der Waals surface area (Å²) in [6.07, 6.45) is 0.572. The zero-order valence-corrected chi connectivity index (χ0v) is 12.9. The van der Waals surface area contributed by atoms with Gasteiger partial charge in [-0.1, -0.05) is 11.8 Å². The van der Waals surface area contributed by atoms with E-state index in [-0.39, 0.29) is 11.4 Å². The molecule has 1 aromatic carbocycles. The van der Waals surface area contributed by atoms with Crippen molar-refractivity contribution in [3.8, 4) is 11.8 Å². The van der Waals surface area contributed by atoms with Gasteiger partial charge in [0.25, 0.3) is 0 Å². The van der Waals surface area contributed by atoms with Gasteiger partial charge in [0.2, 0.25) is 10.0 Å². The Kier molecular flexibility index (Phi) is 5.47. The number of aromatic nitrogens is 1. The molecule has 3 N–H and O–H groups in total. The maximum atomic E-state index is 12.1. The molecule has 0 saturated carbocycles. The average molecular weight is 321 g/mol. The average Bonchev–Trinajstić information content (AvgIpc) is 2.98. The van der Waals surface area contributed by atoms with Crippen LogP contribution in [0.4, 0.5) is 0 Å². The lowest BCUT2D eigenvalue weighted by Crippen LogP contribution is -2.26. The van der Waals surface area contributed by atoms with Gasteiger partial charge < -0.3 is 5.73 Å². The minimum atomic E-state index is -3.50. The van der Waals surface area contributed by atoms with Crippen molar-refractivity contribution in [2.45, 2.75) is 11.3 Å². The summed E-state index contributed by atoms with van der Waals surface area (Å²) in [5.74, 6) is 5.57. The van der Waals surface area contributed by atoms with Gasteiger partial charge in [0.15, 0.2) is 0 Å². The highest BCUT2D eigenvalue weighted by Gasteiger charge is 2.13. The molecule has 0 bridgehead atoms. The van der Waals surface area contributed by atoms with Gasteiger partial charge in [-0.15, -0.1) is 11.3 Å². The van der Waals surface area contributed by atoms with Crippen LogP contribution in [0, 0.1) is 11.8 Å². The molecule has 0 amide bonds. The smallest absolute Gasteiger partial charge is 0.240 e. The van der Waals surface area contributed by atoms with Gasteiger partial charge >= 0.3 is 0 Å². The second-order valence-corrected chi connectivity index (χ2v) is 6.64. The fourth-order valence-electron chi connectivity index (χ4n) is 1.63. The van der Waals surface area contributed by atoms with Crippen molar-refractivity contribution in [2.24, 2.45) is 5.73 Å². The molecule has 5 nitrogen and oxygen atoms in total. The summed E-state index contributed by atoms with van der Waals surface area (Å²) in [5.41, 5.74) is 8.64. The Balaban J connectivity index is 1.98. The third-order valence-corrected chi connectivity index (χ3v) is 4.77. The number of benzene rings is 1. The Morgan fingerprint density at radius 3 is 2.67 bits per heavy atom. The maximum absolute atomic E-state index is 12.1.